The molecule has 116 valence electrons. The first-order valence-electron chi connectivity index (χ1n) is 8.16. The molecular formula is C18H23N3S. The molecule has 1 aromatic heterocycles. The van der Waals surface area contributed by atoms with Crippen LogP contribution >= 0.6 is 11.8 Å². The largest absolute Gasteiger partial charge is 0.310 e. The van der Waals surface area contributed by atoms with Crippen molar-refractivity contribution in [3.8, 4) is 0 Å². The number of imidazole rings is 1. The lowest BCUT2D eigenvalue weighted by Crippen LogP contribution is -2.54. The molecular weight excluding hydrogens is 290 g/mol. The van der Waals surface area contributed by atoms with Gasteiger partial charge in [0.05, 0.1) is 11.0 Å². The zero-order valence-corrected chi connectivity index (χ0v) is 13.9. The Morgan fingerprint density at radius 3 is 2.73 bits per heavy atom. The minimum absolute atomic E-state index is 0.774. The molecule has 1 aromatic carbocycles. The molecule has 4 heteroatoms. The van der Waals surface area contributed by atoms with Gasteiger partial charge in [-0.05, 0) is 54.7 Å². The predicted octanol–water partition coefficient (Wildman–Crippen LogP) is 3.47. The second kappa shape index (κ2) is 5.65. The minimum atomic E-state index is 0.774. The summed E-state index contributed by atoms with van der Waals surface area (Å²) in [5, 5.41) is 2.54. The fourth-order valence-electron chi connectivity index (χ4n) is 4.23. The highest BCUT2D eigenvalue weighted by molar-refractivity contribution is 7.99. The van der Waals surface area contributed by atoms with Crippen LogP contribution < -0.4 is 5.01 Å². The van der Waals surface area contributed by atoms with Gasteiger partial charge < -0.3 is 5.01 Å². The molecule has 2 aromatic rings. The predicted molar refractivity (Wildman–Crippen MR) is 95.0 cm³/mol. The third-order valence-electron chi connectivity index (χ3n) is 5.19. The standard InChI is InChI=1S/C18H23N3S/c1-3-6-16-14-9-20(10-15(16)12-22-11-14)21-13(2)19-17-7-4-5-8-18(17)21/h3-5,7-8,14-16H,1,6,9-12H2,2H3. The number of allylic oxidation sites excluding steroid dienone is 1. The van der Waals surface area contributed by atoms with Crippen molar-refractivity contribution in [3.63, 3.8) is 0 Å². The highest BCUT2D eigenvalue weighted by atomic mass is 32.2. The highest BCUT2D eigenvalue weighted by Crippen LogP contribution is 2.40. The average molecular weight is 313 g/mol. The fraction of sp³-hybridized carbons (Fsp3) is 0.500. The second-order valence-corrected chi connectivity index (χ2v) is 7.65. The molecule has 2 atom stereocenters. The lowest BCUT2D eigenvalue weighted by Gasteiger charge is -2.48. The van der Waals surface area contributed by atoms with Gasteiger partial charge in [0.15, 0.2) is 0 Å². The van der Waals surface area contributed by atoms with Crippen LogP contribution in [-0.4, -0.2) is 34.3 Å². The van der Waals surface area contributed by atoms with Gasteiger partial charge in [-0.3, -0.25) is 0 Å². The molecule has 0 aliphatic carbocycles. The molecule has 2 aliphatic rings. The highest BCUT2D eigenvalue weighted by Gasteiger charge is 2.39. The molecule has 0 N–H and O–H groups in total. The Kier molecular flexibility index (Phi) is 3.65. The fourth-order valence-corrected chi connectivity index (χ4v) is 5.67. The molecule has 2 bridgehead atoms. The van der Waals surface area contributed by atoms with Crippen LogP contribution in [0, 0.1) is 24.7 Å². The molecule has 0 radical (unpaired) electrons. The zero-order valence-electron chi connectivity index (χ0n) is 13.1. The van der Waals surface area contributed by atoms with E-state index in [2.05, 4.69) is 65.3 Å². The van der Waals surface area contributed by atoms with Crippen LogP contribution in [0.5, 0.6) is 0 Å². The van der Waals surface area contributed by atoms with E-state index in [4.69, 9.17) is 4.98 Å². The molecule has 3 heterocycles. The maximum Gasteiger partial charge on any atom is 0.125 e. The first-order valence-corrected chi connectivity index (χ1v) is 9.31. The van der Waals surface area contributed by atoms with Crippen molar-refractivity contribution in [1.82, 2.24) is 9.66 Å². The van der Waals surface area contributed by atoms with Crippen LogP contribution in [0.2, 0.25) is 0 Å². The first-order chi connectivity index (χ1) is 10.8. The zero-order chi connectivity index (χ0) is 15.1. The van der Waals surface area contributed by atoms with Gasteiger partial charge in [0.1, 0.15) is 5.82 Å². The molecule has 3 nitrogen and oxygen atoms in total. The number of piperidine rings is 1. The topological polar surface area (TPSA) is 21.1 Å². The Balaban J connectivity index is 1.69. The summed E-state index contributed by atoms with van der Waals surface area (Å²) < 4.78 is 2.36. The maximum atomic E-state index is 4.74. The number of nitrogens with zero attached hydrogens (tertiary/aromatic N) is 3. The molecule has 4 rings (SSSR count). The van der Waals surface area contributed by atoms with E-state index in [1.807, 2.05) is 0 Å². The van der Waals surface area contributed by atoms with Crippen LogP contribution in [0.25, 0.3) is 11.0 Å². The number of rotatable bonds is 3. The molecule has 0 spiro atoms. The summed E-state index contributed by atoms with van der Waals surface area (Å²) in [6, 6.07) is 8.48. The van der Waals surface area contributed by atoms with Crippen molar-refractivity contribution >= 4 is 22.8 Å². The summed E-state index contributed by atoms with van der Waals surface area (Å²) in [4.78, 5) is 4.74. The molecule has 22 heavy (non-hydrogen) atoms. The molecule has 0 saturated carbocycles. The van der Waals surface area contributed by atoms with E-state index in [0.717, 1.165) is 42.2 Å². The van der Waals surface area contributed by atoms with Gasteiger partial charge in [0.25, 0.3) is 0 Å². The van der Waals surface area contributed by atoms with Crippen molar-refractivity contribution < 1.29 is 0 Å². The summed E-state index contributed by atoms with van der Waals surface area (Å²) in [7, 11) is 0. The van der Waals surface area contributed by atoms with Crippen molar-refractivity contribution in [2.75, 3.05) is 29.6 Å². The maximum absolute atomic E-state index is 4.74. The quantitative estimate of drug-likeness (QED) is 0.810. The number of hydrogen-bond acceptors (Lipinski definition) is 3. The van der Waals surface area contributed by atoms with Gasteiger partial charge in [0, 0.05) is 13.1 Å². The van der Waals surface area contributed by atoms with Gasteiger partial charge in [-0.25, -0.2) is 9.66 Å². The van der Waals surface area contributed by atoms with E-state index < -0.39 is 0 Å². The van der Waals surface area contributed by atoms with E-state index in [1.54, 1.807) is 0 Å². The van der Waals surface area contributed by atoms with E-state index in [0.29, 0.717) is 0 Å². The smallest absolute Gasteiger partial charge is 0.125 e. The van der Waals surface area contributed by atoms with Gasteiger partial charge >= 0.3 is 0 Å². The van der Waals surface area contributed by atoms with E-state index in [9.17, 15) is 0 Å². The van der Waals surface area contributed by atoms with Crippen LogP contribution in [-0.2, 0) is 0 Å². The Morgan fingerprint density at radius 2 is 2.00 bits per heavy atom. The number of aryl methyl sites for hydroxylation is 1. The summed E-state index contributed by atoms with van der Waals surface area (Å²) in [6.07, 6.45) is 3.29. The summed E-state index contributed by atoms with van der Waals surface area (Å²) in [5.41, 5.74) is 2.35. The van der Waals surface area contributed by atoms with E-state index >= 15 is 0 Å². The van der Waals surface area contributed by atoms with Crippen molar-refractivity contribution in [2.45, 2.75) is 13.3 Å². The van der Waals surface area contributed by atoms with Gasteiger partial charge in [-0.1, -0.05) is 18.2 Å². The number of para-hydroxylation sites is 2. The van der Waals surface area contributed by atoms with Crippen molar-refractivity contribution in [3.05, 3.63) is 42.7 Å². The number of hydrogen-bond donors (Lipinski definition) is 0. The molecule has 2 unspecified atom stereocenters. The molecule has 2 saturated heterocycles. The first kappa shape index (κ1) is 14.2. The number of fused-ring (bicyclic) bond motifs is 3. The Labute approximate surface area is 136 Å². The van der Waals surface area contributed by atoms with Crippen LogP contribution in [0.15, 0.2) is 36.9 Å². The SMILES string of the molecule is C=CCC1C2CSCC1CN(n1c(C)nc3ccccc31)C2. The third-order valence-corrected chi connectivity index (χ3v) is 6.51. The minimum Gasteiger partial charge on any atom is -0.310 e. The molecule has 0 amide bonds. The lowest BCUT2D eigenvalue weighted by molar-refractivity contribution is 0.198. The molecule has 2 fully saturated rings. The van der Waals surface area contributed by atoms with Crippen molar-refractivity contribution in [2.24, 2.45) is 17.8 Å². The monoisotopic (exact) mass is 313 g/mol. The summed E-state index contributed by atoms with van der Waals surface area (Å²) >= 11 is 2.14. The summed E-state index contributed by atoms with van der Waals surface area (Å²) in [5.74, 6) is 6.06. The molecule has 2 aliphatic heterocycles. The van der Waals surface area contributed by atoms with E-state index in [-0.39, 0.29) is 0 Å². The van der Waals surface area contributed by atoms with Gasteiger partial charge in [-0.2, -0.15) is 11.8 Å². The number of aromatic nitrogens is 2. The average Bonchev–Trinajstić information content (AvgIpc) is 2.83. The Hall–Kier alpha value is -1.42. The van der Waals surface area contributed by atoms with Crippen LogP contribution in [0.3, 0.4) is 0 Å². The Morgan fingerprint density at radius 1 is 1.27 bits per heavy atom. The number of benzene rings is 1. The Bertz CT molecular complexity index is 679. The second-order valence-electron chi connectivity index (χ2n) is 6.58. The lowest BCUT2D eigenvalue weighted by atomic mass is 9.77. The number of thioether (sulfide) groups is 1. The summed E-state index contributed by atoms with van der Waals surface area (Å²) in [6.45, 7) is 8.38. The van der Waals surface area contributed by atoms with Crippen LogP contribution in [0.1, 0.15) is 12.2 Å². The third kappa shape index (κ3) is 2.24. The van der Waals surface area contributed by atoms with Gasteiger partial charge in [0.2, 0.25) is 0 Å². The normalized spacial score (nSPS) is 28.0. The van der Waals surface area contributed by atoms with E-state index in [1.165, 1.54) is 23.4 Å². The van der Waals surface area contributed by atoms with Gasteiger partial charge in [-0.15, -0.1) is 6.58 Å². The van der Waals surface area contributed by atoms with Crippen LogP contribution in [0.4, 0.5) is 0 Å². The van der Waals surface area contributed by atoms with Crippen molar-refractivity contribution in [1.29, 1.82) is 0 Å².